The second kappa shape index (κ2) is 15.6. The van der Waals surface area contributed by atoms with Crippen molar-refractivity contribution in [3.63, 3.8) is 0 Å². The smallest absolute Gasteiger partial charge is 0.216 e. The summed E-state index contributed by atoms with van der Waals surface area (Å²) < 4.78 is 47.6. The molecule has 243 valence electrons. The van der Waals surface area contributed by atoms with Crippen LogP contribution in [0.25, 0.3) is 43.4 Å². The molecule has 1 aromatic carbocycles. The zero-order chi connectivity index (χ0) is 36.5. The third-order valence-electron chi connectivity index (χ3n) is 7.95. The number of ketones is 1. The quantitative estimate of drug-likeness (QED) is 0.0912. The van der Waals surface area contributed by atoms with Gasteiger partial charge in [0, 0.05) is 77.4 Å². The van der Waals surface area contributed by atoms with E-state index in [2.05, 4.69) is 16.0 Å². The van der Waals surface area contributed by atoms with Gasteiger partial charge in [0.1, 0.15) is 0 Å². The molecular weight excluding hydrogens is 757 g/mol. The van der Waals surface area contributed by atoms with E-state index in [1.807, 2.05) is 67.5 Å². The number of aromatic nitrogens is 2. The summed E-state index contributed by atoms with van der Waals surface area (Å²) >= 11 is 1.45. The molecule has 0 bridgehead atoms. The summed E-state index contributed by atoms with van der Waals surface area (Å²) in [6.45, 7) is 13.4. The van der Waals surface area contributed by atoms with E-state index in [1.54, 1.807) is 18.3 Å². The van der Waals surface area contributed by atoms with Gasteiger partial charge in [0.2, 0.25) is 5.71 Å². The molecule has 4 aromatic heterocycles. The Bertz CT molecular complexity index is 1980. The van der Waals surface area contributed by atoms with Gasteiger partial charge in [0.05, 0.1) is 11.3 Å². The van der Waals surface area contributed by atoms with Gasteiger partial charge >= 0.3 is 0 Å². The number of hydrogen-bond acceptors (Lipinski definition) is 6. The van der Waals surface area contributed by atoms with Crippen LogP contribution in [0.1, 0.15) is 97.1 Å². The van der Waals surface area contributed by atoms with E-state index in [9.17, 15) is 9.90 Å². The van der Waals surface area contributed by atoms with E-state index in [-0.39, 0.29) is 54.9 Å². The van der Waals surface area contributed by atoms with Gasteiger partial charge in [-0.1, -0.05) is 59.4 Å². The summed E-state index contributed by atoms with van der Waals surface area (Å²) in [7, 11) is 0. The number of aliphatic hydroxyl groups excluding tert-OH is 1. The van der Waals surface area contributed by atoms with Crippen LogP contribution in [0.5, 0.6) is 0 Å². The molecule has 1 radical (unpaired) electrons. The summed E-state index contributed by atoms with van der Waals surface area (Å²) in [5, 5.41) is 12.1. The third-order valence-corrected chi connectivity index (χ3v) is 9.12. The van der Waals surface area contributed by atoms with E-state index in [0.29, 0.717) is 21.7 Å². The number of furan rings is 1. The molecule has 4 heterocycles. The number of fused-ring (bicyclic) bond motifs is 4. The second-order valence-electron chi connectivity index (χ2n) is 12.2. The van der Waals surface area contributed by atoms with Crippen molar-refractivity contribution in [3.8, 4) is 11.3 Å². The van der Waals surface area contributed by atoms with Gasteiger partial charge in [-0.3, -0.25) is 4.79 Å². The second-order valence-corrected chi connectivity index (χ2v) is 13.3. The minimum absolute atomic E-state index is 0. The zero-order valence-electron chi connectivity index (χ0n) is 32.4. The minimum Gasteiger partial charge on any atom is -0.512 e. The number of thiophene rings is 1. The van der Waals surface area contributed by atoms with Crippen LogP contribution in [-0.4, -0.2) is 20.9 Å². The molecule has 0 aliphatic rings. The van der Waals surface area contributed by atoms with Crippen molar-refractivity contribution in [2.45, 2.75) is 94.3 Å². The standard InChI is InChI=1S/C25H23N2OS.C13H24O2.Ir/c1-14-9-10-17-16-7-6-8-18(23(16)28-24(17)27-14)22-21-15(2)20(13-25(3,4)5)29-19(21)11-12-26-22;1-5-10(6-2)12(14)9-13(15)11(7-3)8-4;/h6-7,9-12H,13H2,1-5H3;9-11,14H,5-8H2,1-4H3;/q-1;;/b;12-9-;/i1D3,13D2;;. The number of benzene rings is 1. The molecule has 5 aromatic rings. The van der Waals surface area contributed by atoms with Crippen LogP contribution in [0, 0.1) is 37.1 Å². The molecule has 0 spiro atoms. The molecule has 1 N–H and O–H groups in total. The predicted molar refractivity (Wildman–Crippen MR) is 185 cm³/mol. The Labute approximate surface area is 292 Å². The van der Waals surface area contributed by atoms with Crippen molar-refractivity contribution in [1.29, 1.82) is 0 Å². The third kappa shape index (κ3) is 8.30. The Balaban J connectivity index is 0.000000361. The first-order valence-electron chi connectivity index (χ1n) is 18.0. The summed E-state index contributed by atoms with van der Waals surface area (Å²) in [5.74, 6) is 0.547. The molecule has 0 unspecified atom stereocenters. The van der Waals surface area contributed by atoms with E-state index in [1.165, 1.54) is 23.5 Å². The SMILES string of the molecule is CCC(CC)C(=O)/C=C(\O)C(CC)CC.[2H]C([2H])([2H])c1ccc2c(n1)oc1c(-c3nccc4sc(C([2H])([2H])C(C)(C)C)c(C)c34)[c-]ccc12.[Ir]. The number of nitrogens with zero attached hydrogens (tertiary/aromatic N) is 2. The van der Waals surface area contributed by atoms with Gasteiger partial charge in [0.15, 0.2) is 5.78 Å². The summed E-state index contributed by atoms with van der Waals surface area (Å²) in [6.07, 6.45) is 5.09. The Kier molecular flexibility index (Phi) is 10.3. The fourth-order valence-corrected chi connectivity index (χ4v) is 6.73. The Morgan fingerprint density at radius 3 is 2.40 bits per heavy atom. The molecule has 0 atom stereocenters. The zero-order valence-corrected chi connectivity index (χ0v) is 30.6. The average Bonchev–Trinajstić information content (AvgIpc) is 3.59. The first kappa shape index (κ1) is 29.5. The molecule has 5 rings (SSSR count). The molecule has 0 aliphatic heterocycles. The molecular formula is C38H47IrN2O3S-. The van der Waals surface area contributed by atoms with Gasteiger partial charge in [-0.05, 0) is 80.4 Å². The van der Waals surface area contributed by atoms with Crippen LogP contribution in [0.2, 0.25) is 0 Å². The molecule has 0 saturated heterocycles. The van der Waals surface area contributed by atoms with Crippen molar-refractivity contribution in [2.24, 2.45) is 17.3 Å². The normalized spacial score (nSPS) is 14.4. The molecule has 0 fully saturated rings. The van der Waals surface area contributed by atoms with Gasteiger partial charge in [0.25, 0.3) is 0 Å². The van der Waals surface area contributed by atoms with Crippen LogP contribution in [0.4, 0.5) is 0 Å². The van der Waals surface area contributed by atoms with Gasteiger partial charge in [-0.2, -0.15) is 0 Å². The van der Waals surface area contributed by atoms with Crippen molar-refractivity contribution < 1.29 is 41.3 Å². The molecule has 0 saturated carbocycles. The van der Waals surface area contributed by atoms with E-state index in [4.69, 9.17) is 11.3 Å². The fourth-order valence-electron chi connectivity index (χ4n) is 5.42. The van der Waals surface area contributed by atoms with Crippen molar-refractivity contribution in [3.05, 3.63) is 70.6 Å². The van der Waals surface area contributed by atoms with Crippen LogP contribution >= 0.6 is 11.3 Å². The van der Waals surface area contributed by atoms with E-state index in [0.717, 1.165) is 52.1 Å². The van der Waals surface area contributed by atoms with Crippen molar-refractivity contribution in [2.75, 3.05) is 0 Å². The maximum Gasteiger partial charge on any atom is 0.216 e. The van der Waals surface area contributed by atoms with Gasteiger partial charge in [-0.25, -0.2) is 4.98 Å². The van der Waals surface area contributed by atoms with Crippen LogP contribution in [-0.2, 0) is 31.3 Å². The van der Waals surface area contributed by atoms with Gasteiger partial charge in [-0.15, -0.1) is 29.5 Å². The fraction of sp³-hybridized carbons (Fsp3) is 0.447. The topological polar surface area (TPSA) is 76.2 Å². The summed E-state index contributed by atoms with van der Waals surface area (Å²) in [4.78, 5) is 21.3. The first-order valence-corrected chi connectivity index (χ1v) is 16.3. The number of hydrogen-bond donors (Lipinski definition) is 1. The number of allylic oxidation sites excluding steroid dienone is 2. The van der Waals surface area contributed by atoms with E-state index < -0.39 is 18.6 Å². The maximum atomic E-state index is 11.7. The monoisotopic (exact) mass is 809 g/mol. The van der Waals surface area contributed by atoms with Crippen molar-refractivity contribution >= 4 is 49.3 Å². The summed E-state index contributed by atoms with van der Waals surface area (Å²) in [5.41, 5.74) is 2.33. The number of carbonyl (C=O) groups excluding carboxylic acids is 1. The molecule has 0 amide bonds. The summed E-state index contributed by atoms with van der Waals surface area (Å²) in [6, 6.07) is 12.0. The Morgan fingerprint density at radius 2 is 1.78 bits per heavy atom. The van der Waals surface area contributed by atoms with E-state index >= 15 is 0 Å². The number of aryl methyl sites for hydroxylation is 2. The molecule has 5 nitrogen and oxygen atoms in total. The molecule has 45 heavy (non-hydrogen) atoms. The number of carbonyl (C=O) groups is 1. The maximum absolute atomic E-state index is 11.7. The Morgan fingerprint density at radius 1 is 1.09 bits per heavy atom. The van der Waals surface area contributed by atoms with Crippen LogP contribution in [0.3, 0.4) is 0 Å². The van der Waals surface area contributed by atoms with Gasteiger partial charge < -0.3 is 14.5 Å². The first-order chi connectivity index (χ1) is 22.9. The van der Waals surface area contributed by atoms with Crippen molar-refractivity contribution in [1.82, 2.24) is 9.97 Å². The largest absolute Gasteiger partial charge is 0.512 e. The Hall–Kier alpha value is -2.86. The average molecular weight is 809 g/mol. The number of rotatable bonds is 9. The number of aliphatic hydroxyl groups is 1. The predicted octanol–water partition coefficient (Wildman–Crippen LogP) is 11.1. The minimum atomic E-state index is -2.33. The van der Waals surface area contributed by atoms with Crippen LogP contribution < -0.4 is 0 Å². The van der Waals surface area contributed by atoms with Crippen LogP contribution in [0.15, 0.2) is 52.8 Å². The molecule has 0 aliphatic carbocycles. The number of pyridine rings is 2. The molecule has 7 heteroatoms.